The van der Waals surface area contributed by atoms with E-state index in [1.165, 1.54) is 4.68 Å². The van der Waals surface area contributed by atoms with Gasteiger partial charge in [0.15, 0.2) is 0 Å². The van der Waals surface area contributed by atoms with Gasteiger partial charge in [0.1, 0.15) is 17.2 Å². The van der Waals surface area contributed by atoms with E-state index in [9.17, 15) is 31.5 Å². The number of carbonyl (C=O) groups excluding carboxylic acids is 2. The zero-order valence-electron chi connectivity index (χ0n) is 24.7. The van der Waals surface area contributed by atoms with Gasteiger partial charge in [-0.15, -0.1) is 5.10 Å². The van der Waals surface area contributed by atoms with Crippen LogP contribution in [0.5, 0.6) is 0 Å². The molecule has 0 aliphatic heterocycles. The molecule has 1 aliphatic rings. The Morgan fingerprint density at radius 1 is 1.16 bits per heavy atom. The maximum Gasteiger partial charge on any atom is 0.389 e. The molecular formula is C29H38F5N7O2. The second-order valence-corrected chi connectivity index (χ2v) is 12.7. The second kappa shape index (κ2) is 12.2. The quantitative estimate of drug-likeness (QED) is 0.236. The van der Waals surface area contributed by atoms with Crippen LogP contribution in [0, 0.1) is 11.3 Å². The van der Waals surface area contributed by atoms with E-state index in [0.29, 0.717) is 35.4 Å². The largest absolute Gasteiger partial charge is 0.389 e. The average molecular weight is 612 g/mol. The molecule has 2 heterocycles. The summed E-state index contributed by atoms with van der Waals surface area (Å²) in [5.41, 5.74) is 7.89. The van der Waals surface area contributed by atoms with Crippen LogP contribution in [0.25, 0.3) is 11.0 Å². The molecular weight excluding hydrogens is 573 g/mol. The molecule has 4 N–H and O–H groups in total. The monoisotopic (exact) mass is 611 g/mol. The highest BCUT2D eigenvalue weighted by molar-refractivity contribution is 5.92. The smallest absolute Gasteiger partial charge is 0.364 e. The van der Waals surface area contributed by atoms with E-state index in [-0.39, 0.29) is 48.4 Å². The summed E-state index contributed by atoms with van der Waals surface area (Å²) in [5.74, 6) is -4.81. The molecule has 43 heavy (non-hydrogen) atoms. The highest BCUT2D eigenvalue weighted by atomic mass is 19.4. The van der Waals surface area contributed by atoms with Crippen LogP contribution in [0.15, 0.2) is 18.2 Å². The predicted molar refractivity (Wildman–Crippen MR) is 149 cm³/mol. The van der Waals surface area contributed by atoms with Gasteiger partial charge >= 0.3 is 6.18 Å². The number of primary amides is 1. The number of nitrogens with one attached hydrogen (secondary N) is 2. The van der Waals surface area contributed by atoms with Gasteiger partial charge in [0, 0.05) is 25.8 Å². The van der Waals surface area contributed by atoms with Gasteiger partial charge in [-0.1, -0.05) is 32.1 Å². The number of aromatic amines is 1. The van der Waals surface area contributed by atoms with Crippen molar-refractivity contribution in [3.8, 4) is 0 Å². The number of halogens is 5. The fourth-order valence-electron chi connectivity index (χ4n) is 5.47. The van der Waals surface area contributed by atoms with Crippen molar-refractivity contribution in [3.63, 3.8) is 0 Å². The van der Waals surface area contributed by atoms with Crippen LogP contribution in [0.1, 0.15) is 112 Å². The number of hydrogen-bond donors (Lipinski definition) is 3. The van der Waals surface area contributed by atoms with E-state index in [2.05, 4.69) is 41.4 Å². The Balaban J connectivity index is 1.67. The van der Waals surface area contributed by atoms with Gasteiger partial charge in [-0.2, -0.15) is 13.2 Å². The first-order valence-electron chi connectivity index (χ1n) is 14.4. The zero-order chi connectivity index (χ0) is 31.7. The summed E-state index contributed by atoms with van der Waals surface area (Å²) >= 11 is 0. The normalized spacial score (nSPS) is 17.6. The number of amides is 2. The standard InChI is InChI=1S/C29H38F5N7O2/c1-16(36-21(42)9-12-29(32,33)34)18-5-6-19-20(15-18)38-26(37-19)22(17-7-10-28(30,31)11-8-17)23-24(25(35)43)41(40-39-23)14-13-27(2,3)4/h5-6,15-17,22H,7-14H2,1-4H3,(H2,35,43)(H,36,42)(H,37,38)/t16-,22+/m1/s1. The molecule has 2 amide bonds. The summed E-state index contributed by atoms with van der Waals surface area (Å²) in [6, 6.07) is 4.54. The van der Waals surface area contributed by atoms with Crippen molar-refractivity contribution in [3.05, 3.63) is 41.0 Å². The second-order valence-electron chi connectivity index (χ2n) is 12.7. The molecule has 9 nitrogen and oxygen atoms in total. The molecule has 14 heteroatoms. The first kappa shape index (κ1) is 32.3. The molecule has 1 aliphatic carbocycles. The van der Waals surface area contributed by atoms with Crippen LogP contribution >= 0.6 is 0 Å². The lowest BCUT2D eigenvalue weighted by molar-refractivity contribution is -0.144. The summed E-state index contributed by atoms with van der Waals surface area (Å²) in [4.78, 5) is 32.7. The molecule has 4 rings (SSSR count). The van der Waals surface area contributed by atoms with E-state index >= 15 is 0 Å². The van der Waals surface area contributed by atoms with E-state index < -0.39 is 48.7 Å². The molecule has 3 aromatic rings. The first-order chi connectivity index (χ1) is 19.9. The molecule has 0 radical (unpaired) electrons. The maximum atomic E-state index is 14.1. The Bertz CT molecular complexity index is 1450. The molecule has 0 bridgehead atoms. The molecule has 1 saturated carbocycles. The summed E-state index contributed by atoms with van der Waals surface area (Å²) in [5, 5.41) is 11.1. The minimum absolute atomic E-state index is 0.0548. The predicted octanol–water partition coefficient (Wildman–Crippen LogP) is 6.17. The highest BCUT2D eigenvalue weighted by Crippen LogP contribution is 2.45. The van der Waals surface area contributed by atoms with Crippen molar-refractivity contribution in [2.24, 2.45) is 17.1 Å². The van der Waals surface area contributed by atoms with Gasteiger partial charge in [0.2, 0.25) is 11.8 Å². The van der Waals surface area contributed by atoms with Gasteiger partial charge in [-0.25, -0.2) is 18.4 Å². The Morgan fingerprint density at radius 3 is 2.44 bits per heavy atom. The SMILES string of the molecule is C[C@@H](NC(=O)CCC(F)(F)F)c1ccc2nc([C@H](c3nnn(CCC(C)(C)C)c3C(N)=O)C3CCC(F)(F)CC3)[nH]c2c1. The van der Waals surface area contributed by atoms with E-state index in [1.807, 2.05) is 0 Å². The third kappa shape index (κ3) is 8.29. The topological polar surface area (TPSA) is 132 Å². The van der Waals surface area contributed by atoms with Gasteiger partial charge in [-0.05, 0) is 55.2 Å². The highest BCUT2D eigenvalue weighted by Gasteiger charge is 2.42. The van der Waals surface area contributed by atoms with E-state index in [4.69, 9.17) is 10.7 Å². The molecule has 0 spiro atoms. The third-order valence-corrected chi connectivity index (χ3v) is 7.93. The minimum atomic E-state index is -4.43. The lowest BCUT2D eigenvalue weighted by Crippen LogP contribution is -2.30. The number of rotatable bonds is 10. The first-order valence-corrected chi connectivity index (χ1v) is 14.4. The van der Waals surface area contributed by atoms with Gasteiger partial charge in [0.05, 0.1) is 29.4 Å². The summed E-state index contributed by atoms with van der Waals surface area (Å²) in [7, 11) is 0. The molecule has 2 aromatic heterocycles. The average Bonchev–Trinajstić information content (AvgIpc) is 3.50. The summed E-state index contributed by atoms with van der Waals surface area (Å²) < 4.78 is 67.3. The Morgan fingerprint density at radius 2 is 1.84 bits per heavy atom. The fraction of sp³-hybridized carbons (Fsp3) is 0.621. The number of imidazole rings is 1. The van der Waals surface area contributed by atoms with E-state index in [0.717, 1.165) is 0 Å². The van der Waals surface area contributed by atoms with Gasteiger partial charge in [-0.3, -0.25) is 9.59 Å². The van der Waals surface area contributed by atoms with Crippen LogP contribution in [0.4, 0.5) is 22.0 Å². The van der Waals surface area contributed by atoms with Gasteiger partial charge < -0.3 is 16.0 Å². The molecule has 1 aromatic carbocycles. The number of carbonyl (C=O) groups is 2. The molecule has 0 saturated heterocycles. The van der Waals surface area contributed by atoms with Crippen molar-refractivity contribution < 1.29 is 31.5 Å². The number of benzene rings is 1. The number of alkyl halides is 5. The number of fused-ring (bicyclic) bond motifs is 1. The fourth-order valence-corrected chi connectivity index (χ4v) is 5.47. The van der Waals surface area contributed by atoms with Crippen LogP contribution in [-0.2, 0) is 11.3 Å². The lowest BCUT2D eigenvalue weighted by Gasteiger charge is -2.32. The van der Waals surface area contributed by atoms with Crippen molar-refractivity contribution in [2.75, 3.05) is 0 Å². The Labute approximate surface area is 246 Å². The summed E-state index contributed by atoms with van der Waals surface area (Å²) in [6.45, 7) is 8.20. The van der Waals surface area contributed by atoms with Crippen LogP contribution in [0.2, 0.25) is 0 Å². The maximum absolute atomic E-state index is 14.1. The Kier molecular flexibility index (Phi) is 9.17. The molecule has 2 atom stereocenters. The van der Waals surface area contributed by atoms with Crippen LogP contribution in [0.3, 0.4) is 0 Å². The van der Waals surface area contributed by atoms with Crippen molar-refractivity contribution in [1.82, 2.24) is 30.3 Å². The number of aromatic nitrogens is 5. The number of H-pyrrole nitrogens is 1. The zero-order valence-corrected chi connectivity index (χ0v) is 24.7. The third-order valence-electron chi connectivity index (χ3n) is 7.93. The minimum Gasteiger partial charge on any atom is -0.364 e. The molecule has 0 unspecified atom stereocenters. The lowest BCUT2D eigenvalue weighted by atomic mass is 9.76. The molecule has 236 valence electrons. The van der Waals surface area contributed by atoms with Crippen LogP contribution in [-0.4, -0.2) is 48.9 Å². The number of hydrogen-bond acceptors (Lipinski definition) is 5. The molecule has 1 fully saturated rings. The number of aryl methyl sites for hydroxylation is 1. The summed E-state index contributed by atoms with van der Waals surface area (Å²) in [6.07, 6.45) is -5.90. The number of nitrogens with zero attached hydrogens (tertiary/aromatic N) is 4. The van der Waals surface area contributed by atoms with Crippen LogP contribution < -0.4 is 11.1 Å². The van der Waals surface area contributed by atoms with Gasteiger partial charge in [0.25, 0.3) is 5.91 Å². The van der Waals surface area contributed by atoms with Crippen molar-refractivity contribution in [1.29, 1.82) is 0 Å². The van der Waals surface area contributed by atoms with Crippen molar-refractivity contribution >= 4 is 22.8 Å². The van der Waals surface area contributed by atoms with E-state index in [1.54, 1.807) is 25.1 Å². The van der Waals surface area contributed by atoms with Crippen molar-refractivity contribution in [2.45, 2.75) is 103 Å². The number of nitrogens with two attached hydrogens (primary N) is 1. The Hall–Kier alpha value is -3.58.